The number of halogens is 2. The van der Waals surface area contributed by atoms with E-state index in [0.29, 0.717) is 11.1 Å². The second-order valence-corrected chi connectivity index (χ2v) is 3.40. The molecule has 0 aliphatic carbocycles. The van der Waals surface area contributed by atoms with Crippen molar-refractivity contribution in [3.8, 4) is 0 Å². The molecule has 0 saturated carbocycles. The fourth-order valence-corrected chi connectivity index (χ4v) is 1.11. The van der Waals surface area contributed by atoms with Crippen LogP contribution in [0.25, 0.3) is 0 Å². The lowest BCUT2D eigenvalue weighted by Gasteiger charge is -2.01. The molecule has 0 amide bonds. The van der Waals surface area contributed by atoms with Crippen LogP contribution < -0.4 is 0 Å². The van der Waals surface area contributed by atoms with E-state index in [0.717, 1.165) is 0 Å². The highest BCUT2D eigenvalue weighted by Crippen LogP contribution is 2.19. The predicted octanol–water partition coefficient (Wildman–Crippen LogP) is 2.67. The Balaban J connectivity index is 2.90. The molecule has 0 atom stereocenters. The Labute approximate surface area is 89.2 Å². The number of esters is 1. The third kappa shape index (κ3) is 2.67. The van der Waals surface area contributed by atoms with E-state index in [4.69, 9.17) is 16.3 Å². The number of rotatable bonds is 2. The average Bonchev–Trinajstić information content (AvgIpc) is 2.10. The van der Waals surface area contributed by atoms with Crippen LogP contribution in [0.15, 0.2) is 16.6 Å². The summed E-state index contributed by atoms with van der Waals surface area (Å²) in [5.74, 6) is -0.461. The summed E-state index contributed by atoms with van der Waals surface area (Å²) in [7, 11) is 0. The SMILES string of the molecule is CCOC(=O)c1ccc(Br)c(Cl)n1. The van der Waals surface area contributed by atoms with Crippen LogP contribution in [0, 0.1) is 0 Å². The number of carbonyl (C=O) groups excluding carboxylic acids is 1. The molecule has 5 heteroatoms. The van der Waals surface area contributed by atoms with E-state index in [1.807, 2.05) is 0 Å². The molecule has 0 spiro atoms. The maximum absolute atomic E-state index is 11.1. The molecular weight excluding hydrogens is 257 g/mol. The van der Waals surface area contributed by atoms with Gasteiger partial charge >= 0.3 is 5.97 Å². The van der Waals surface area contributed by atoms with E-state index in [9.17, 15) is 4.79 Å². The molecule has 13 heavy (non-hydrogen) atoms. The molecular formula is C8H7BrClNO2. The van der Waals surface area contributed by atoms with Crippen LogP contribution in [0.5, 0.6) is 0 Å². The van der Waals surface area contributed by atoms with Gasteiger partial charge in [-0.05, 0) is 35.0 Å². The molecule has 0 unspecified atom stereocenters. The number of pyridine rings is 1. The molecule has 0 saturated heterocycles. The van der Waals surface area contributed by atoms with Gasteiger partial charge in [0, 0.05) is 0 Å². The van der Waals surface area contributed by atoms with Crippen LogP contribution in [-0.2, 0) is 4.74 Å². The standard InChI is InChI=1S/C8H7BrClNO2/c1-2-13-8(12)6-4-3-5(9)7(10)11-6/h3-4H,2H2,1H3. The van der Waals surface area contributed by atoms with Crippen molar-refractivity contribution < 1.29 is 9.53 Å². The lowest BCUT2D eigenvalue weighted by Crippen LogP contribution is -2.06. The van der Waals surface area contributed by atoms with Gasteiger partial charge in [0.15, 0.2) is 0 Å². The van der Waals surface area contributed by atoms with Crippen molar-refractivity contribution in [2.75, 3.05) is 6.61 Å². The average molecular weight is 265 g/mol. The van der Waals surface area contributed by atoms with Gasteiger partial charge in [0.2, 0.25) is 0 Å². The summed E-state index contributed by atoms with van der Waals surface area (Å²) in [5, 5.41) is 0.255. The van der Waals surface area contributed by atoms with Crippen molar-refractivity contribution in [1.29, 1.82) is 0 Å². The Morgan fingerprint density at radius 2 is 2.38 bits per heavy atom. The monoisotopic (exact) mass is 263 g/mol. The third-order valence-electron chi connectivity index (χ3n) is 1.29. The topological polar surface area (TPSA) is 39.2 Å². The Bertz CT molecular complexity index is 330. The highest BCUT2D eigenvalue weighted by Gasteiger charge is 2.09. The molecule has 1 heterocycles. The number of nitrogens with zero attached hydrogens (tertiary/aromatic N) is 1. The first-order valence-electron chi connectivity index (χ1n) is 3.64. The minimum absolute atomic E-state index is 0.218. The summed E-state index contributed by atoms with van der Waals surface area (Å²) in [5.41, 5.74) is 0.218. The van der Waals surface area contributed by atoms with Crippen molar-refractivity contribution in [2.45, 2.75) is 6.92 Å². The zero-order valence-electron chi connectivity index (χ0n) is 6.88. The quantitative estimate of drug-likeness (QED) is 0.609. The van der Waals surface area contributed by atoms with Gasteiger partial charge in [0.25, 0.3) is 0 Å². The van der Waals surface area contributed by atoms with Gasteiger partial charge in [0.1, 0.15) is 10.8 Å². The molecule has 1 rings (SSSR count). The summed E-state index contributed by atoms with van der Waals surface area (Å²) >= 11 is 8.86. The molecule has 1 aromatic heterocycles. The molecule has 1 aromatic rings. The molecule has 0 bridgehead atoms. The summed E-state index contributed by atoms with van der Waals surface area (Å²) in [4.78, 5) is 15.0. The van der Waals surface area contributed by atoms with Crippen LogP contribution in [0.4, 0.5) is 0 Å². The minimum atomic E-state index is -0.461. The molecule has 0 aromatic carbocycles. The van der Waals surface area contributed by atoms with Crippen LogP contribution in [-0.4, -0.2) is 17.6 Å². The van der Waals surface area contributed by atoms with Gasteiger partial charge in [-0.1, -0.05) is 11.6 Å². The summed E-state index contributed by atoms with van der Waals surface area (Å²) in [6.07, 6.45) is 0. The summed E-state index contributed by atoms with van der Waals surface area (Å²) in [6.45, 7) is 2.06. The molecule has 0 aliphatic heterocycles. The highest BCUT2D eigenvalue weighted by molar-refractivity contribution is 9.10. The van der Waals surface area contributed by atoms with Crippen LogP contribution in [0.2, 0.25) is 5.15 Å². The normalized spacial score (nSPS) is 9.77. The smallest absolute Gasteiger partial charge is 0.356 e. The molecule has 0 aliphatic rings. The van der Waals surface area contributed by atoms with Gasteiger partial charge in [-0.3, -0.25) is 0 Å². The molecule has 0 radical (unpaired) electrons. The van der Waals surface area contributed by atoms with Crippen molar-refractivity contribution >= 4 is 33.5 Å². The van der Waals surface area contributed by atoms with Gasteiger partial charge in [0.05, 0.1) is 11.1 Å². The summed E-state index contributed by atoms with van der Waals surface area (Å²) < 4.78 is 5.40. The van der Waals surface area contributed by atoms with E-state index in [1.54, 1.807) is 19.1 Å². The number of ether oxygens (including phenoxy) is 1. The van der Waals surface area contributed by atoms with E-state index in [1.165, 1.54) is 0 Å². The van der Waals surface area contributed by atoms with Crippen molar-refractivity contribution in [3.63, 3.8) is 0 Å². The lowest BCUT2D eigenvalue weighted by atomic mass is 10.3. The molecule has 0 N–H and O–H groups in total. The van der Waals surface area contributed by atoms with Crippen molar-refractivity contribution in [3.05, 3.63) is 27.5 Å². The van der Waals surface area contributed by atoms with Gasteiger partial charge in [-0.15, -0.1) is 0 Å². The fourth-order valence-electron chi connectivity index (χ4n) is 0.736. The van der Waals surface area contributed by atoms with Gasteiger partial charge in [-0.25, -0.2) is 9.78 Å². The predicted molar refractivity (Wildman–Crippen MR) is 52.9 cm³/mol. The first-order chi connectivity index (χ1) is 6.15. The molecule has 0 fully saturated rings. The van der Waals surface area contributed by atoms with Crippen molar-refractivity contribution in [1.82, 2.24) is 4.98 Å². The largest absolute Gasteiger partial charge is 0.461 e. The number of hydrogen-bond acceptors (Lipinski definition) is 3. The molecule has 70 valence electrons. The highest BCUT2D eigenvalue weighted by atomic mass is 79.9. The second-order valence-electron chi connectivity index (χ2n) is 2.19. The number of carbonyl (C=O) groups is 1. The fraction of sp³-hybridized carbons (Fsp3) is 0.250. The first-order valence-corrected chi connectivity index (χ1v) is 4.81. The maximum atomic E-state index is 11.1. The van der Waals surface area contributed by atoms with E-state index in [2.05, 4.69) is 20.9 Å². The Hall–Kier alpha value is -0.610. The lowest BCUT2D eigenvalue weighted by molar-refractivity contribution is 0.0519. The maximum Gasteiger partial charge on any atom is 0.356 e. The van der Waals surface area contributed by atoms with E-state index >= 15 is 0 Å². The van der Waals surface area contributed by atoms with Gasteiger partial charge < -0.3 is 4.74 Å². The zero-order valence-corrected chi connectivity index (χ0v) is 9.22. The molecule has 3 nitrogen and oxygen atoms in total. The van der Waals surface area contributed by atoms with Crippen LogP contribution in [0.3, 0.4) is 0 Å². The Morgan fingerprint density at radius 1 is 1.69 bits per heavy atom. The number of hydrogen-bond donors (Lipinski definition) is 0. The van der Waals surface area contributed by atoms with E-state index < -0.39 is 5.97 Å². The zero-order chi connectivity index (χ0) is 9.84. The van der Waals surface area contributed by atoms with Crippen LogP contribution in [0.1, 0.15) is 17.4 Å². The van der Waals surface area contributed by atoms with Crippen molar-refractivity contribution in [2.24, 2.45) is 0 Å². The van der Waals surface area contributed by atoms with Gasteiger partial charge in [-0.2, -0.15) is 0 Å². The minimum Gasteiger partial charge on any atom is -0.461 e. The third-order valence-corrected chi connectivity index (χ3v) is 2.44. The van der Waals surface area contributed by atoms with Crippen LogP contribution >= 0.6 is 27.5 Å². The summed E-state index contributed by atoms with van der Waals surface area (Å²) in [6, 6.07) is 3.20. The Morgan fingerprint density at radius 3 is 2.92 bits per heavy atom. The number of aromatic nitrogens is 1. The second kappa shape index (κ2) is 4.58. The Kier molecular flexibility index (Phi) is 3.69. The first kappa shape index (κ1) is 10.5. The van der Waals surface area contributed by atoms with E-state index in [-0.39, 0.29) is 10.8 Å².